The van der Waals surface area contributed by atoms with Crippen molar-refractivity contribution in [2.45, 2.75) is 13.3 Å². The highest BCUT2D eigenvalue weighted by Gasteiger charge is 2.34. The summed E-state index contributed by atoms with van der Waals surface area (Å²) in [5, 5.41) is 0. The van der Waals surface area contributed by atoms with Crippen molar-refractivity contribution in [2.75, 3.05) is 38.3 Å². The number of nitrogens with two attached hydrogens (primary N) is 1. The van der Waals surface area contributed by atoms with E-state index in [9.17, 15) is 0 Å². The van der Waals surface area contributed by atoms with Gasteiger partial charge in [-0.2, -0.15) is 0 Å². The van der Waals surface area contributed by atoms with E-state index in [0.717, 1.165) is 26.2 Å². The van der Waals surface area contributed by atoms with Crippen LogP contribution in [0.5, 0.6) is 0 Å². The quantitative estimate of drug-likeness (QED) is 0.863. The minimum atomic E-state index is 0.137. The molecule has 94 valence electrons. The normalized spacial score (nSPS) is 23.9. The van der Waals surface area contributed by atoms with Gasteiger partial charge < -0.3 is 15.4 Å². The molecule has 1 unspecified atom stereocenters. The summed E-state index contributed by atoms with van der Waals surface area (Å²) in [6, 6.07) is 8.57. The average Bonchev–Trinajstić information content (AvgIpc) is 2.78. The molecule has 1 atom stereocenters. The van der Waals surface area contributed by atoms with E-state index in [4.69, 9.17) is 10.5 Å². The van der Waals surface area contributed by atoms with Crippen LogP contribution in [0.1, 0.15) is 12.0 Å². The van der Waals surface area contributed by atoms with E-state index in [1.54, 1.807) is 0 Å². The second-order valence-corrected chi connectivity index (χ2v) is 5.20. The molecular formula is C14H22N2O. The van der Waals surface area contributed by atoms with Gasteiger partial charge in [-0.1, -0.05) is 12.1 Å². The lowest BCUT2D eigenvalue weighted by Crippen LogP contribution is -2.41. The molecule has 1 fully saturated rings. The van der Waals surface area contributed by atoms with Gasteiger partial charge in [0.25, 0.3) is 0 Å². The molecular weight excluding hydrogens is 212 g/mol. The van der Waals surface area contributed by atoms with Gasteiger partial charge in [0.05, 0.1) is 6.61 Å². The number of ether oxygens (including phenoxy) is 1. The molecule has 2 N–H and O–H groups in total. The first-order chi connectivity index (χ1) is 8.15. The minimum Gasteiger partial charge on any atom is -0.381 e. The van der Waals surface area contributed by atoms with Crippen molar-refractivity contribution < 1.29 is 4.74 Å². The van der Waals surface area contributed by atoms with Gasteiger partial charge in [0, 0.05) is 37.8 Å². The molecule has 1 aliphatic rings. The topological polar surface area (TPSA) is 38.5 Å². The molecule has 1 aromatic rings. The third-order valence-electron chi connectivity index (χ3n) is 3.63. The number of aryl methyl sites for hydroxylation is 1. The fraction of sp³-hybridized carbons (Fsp3) is 0.571. The maximum atomic E-state index is 5.92. The van der Waals surface area contributed by atoms with E-state index < -0.39 is 0 Å². The summed E-state index contributed by atoms with van der Waals surface area (Å²) in [6.45, 7) is 5.42. The van der Waals surface area contributed by atoms with E-state index >= 15 is 0 Å². The standard InChI is InChI=1S/C14H22N2O/c1-12-4-3-5-13(8-12)16(2)10-14(9-15)6-7-17-11-14/h3-5,8H,6-7,9-11,15H2,1-2H3. The first kappa shape index (κ1) is 12.4. The van der Waals surface area contributed by atoms with Crippen molar-refractivity contribution in [2.24, 2.45) is 11.1 Å². The fourth-order valence-corrected chi connectivity index (χ4v) is 2.46. The average molecular weight is 234 g/mol. The predicted octanol–water partition coefficient (Wildman–Crippen LogP) is 1.80. The zero-order valence-corrected chi connectivity index (χ0v) is 10.8. The molecule has 3 heteroatoms. The highest BCUT2D eigenvalue weighted by atomic mass is 16.5. The van der Waals surface area contributed by atoms with E-state index in [1.807, 2.05) is 0 Å². The van der Waals surface area contributed by atoms with Crippen LogP contribution in [-0.4, -0.2) is 33.4 Å². The second kappa shape index (κ2) is 5.07. The van der Waals surface area contributed by atoms with Crippen LogP contribution in [0.15, 0.2) is 24.3 Å². The summed E-state index contributed by atoms with van der Waals surface area (Å²) in [4.78, 5) is 2.29. The number of hydrogen-bond donors (Lipinski definition) is 1. The van der Waals surface area contributed by atoms with Gasteiger partial charge >= 0.3 is 0 Å². The maximum absolute atomic E-state index is 5.92. The van der Waals surface area contributed by atoms with Gasteiger partial charge in [0.1, 0.15) is 0 Å². The first-order valence-corrected chi connectivity index (χ1v) is 6.21. The van der Waals surface area contributed by atoms with Crippen molar-refractivity contribution in [3.8, 4) is 0 Å². The summed E-state index contributed by atoms with van der Waals surface area (Å²) in [5.41, 5.74) is 8.60. The van der Waals surface area contributed by atoms with Crippen LogP contribution in [0.25, 0.3) is 0 Å². The van der Waals surface area contributed by atoms with Gasteiger partial charge in [-0.05, 0) is 31.0 Å². The lowest BCUT2D eigenvalue weighted by molar-refractivity contribution is 0.157. The number of rotatable bonds is 4. The monoisotopic (exact) mass is 234 g/mol. The largest absolute Gasteiger partial charge is 0.381 e. The molecule has 0 spiro atoms. The zero-order chi connectivity index (χ0) is 12.3. The van der Waals surface area contributed by atoms with Crippen LogP contribution in [0.3, 0.4) is 0 Å². The fourth-order valence-electron chi connectivity index (χ4n) is 2.46. The highest BCUT2D eigenvalue weighted by molar-refractivity contribution is 5.47. The minimum absolute atomic E-state index is 0.137. The van der Waals surface area contributed by atoms with E-state index in [1.165, 1.54) is 11.3 Å². The molecule has 1 heterocycles. The van der Waals surface area contributed by atoms with Crippen molar-refractivity contribution >= 4 is 5.69 Å². The molecule has 2 rings (SSSR count). The Kier molecular flexibility index (Phi) is 3.69. The molecule has 1 aromatic carbocycles. The Morgan fingerprint density at radius 1 is 1.47 bits per heavy atom. The van der Waals surface area contributed by atoms with Crippen LogP contribution in [-0.2, 0) is 4.74 Å². The summed E-state index contributed by atoms with van der Waals surface area (Å²) in [7, 11) is 2.13. The van der Waals surface area contributed by atoms with Crippen molar-refractivity contribution in [3.05, 3.63) is 29.8 Å². The smallest absolute Gasteiger partial charge is 0.0552 e. The van der Waals surface area contributed by atoms with E-state index in [0.29, 0.717) is 6.54 Å². The van der Waals surface area contributed by atoms with Gasteiger partial charge in [-0.3, -0.25) is 0 Å². The predicted molar refractivity (Wildman–Crippen MR) is 71.4 cm³/mol. The summed E-state index contributed by atoms with van der Waals surface area (Å²) in [6.07, 6.45) is 1.07. The summed E-state index contributed by atoms with van der Waals surface area (Å²) in [5.74, 6) is 0. The van der Waals surface area contributed by atoms with E-state index in [2.05, 4.69) is 43.1 Å². The third kappa shape index (κ3) is 2.79. The van der Waals surface area contributed by atoms with Crippen molar-refractivity contribution in [3.63, 3.8) is 0 Å². The third-order valence-corrected chi connectivity index (χ3v) is 3.63. The Hall–Kier alpha value is -1.06. The number of benzene rings is 1. The number of nitrogens with zero attached hydrogens (tertiary/aromatic N) is 1. The second-order valence-electron chi connectivity index (χ2n) is 5.20. The molecule has 0 radical (unpaired) electrons. The lowest BCUT2D eigenvalue weighted by atomic mass is 9.87. The van der Waals surface area contributed by atoms with Gasteiger partial charge in [0.2, 0.25) is 0 Å². The highest BCUT2D eigenvalue weighted by Crippen LogP contribution is 2.29. The molecule has 0 amide bonds. The molecule has 0 saturated carbocycles. The summed E-state index contributed by atoms with van der Waals surface area (Å²) < 4.78 is 5.51. The Morgan fingerprint density at radius 2 is 2.29 bits per heavy atom. The molecule has 0 aromatic heterocycles. The van der Waals surface area contributed by atoms with Gasteiger partial charge in [0.15, 0.2) is 0 Å². The van der Waals surface area contributed by atoms with Crippen LogP contribution in [0, 0.1) is 12.3 Å². The van der Waals surface area contributed by atoms with Gasteiger partial charge in [-0.25, -0.2) is 0 Å². The van der Waals surface area contributed by atoms with Crippen LogP contribution < -0.4 is 10.6 Å². The Labute approximate surface area is 104 Å². The maximum Gasteiger partial charge on any atom is 0.0552 e. The lowest BCUT2D eigenvalue weighted by Gasteiger charge is -2.32. The van der Waals surface area contributed by atoms with Crippen LogP contribution in [0.2, 0.25) is 0 Å². The molecule has 17 heavy (non-hydrogen) atoms. The van der Waals surface area contributed by atoms with Gasteiger partial charge in [-0.15, -0.1) is 0 Å². The number of hydrogen-bond acceptors (Lipinski definition) is 3. The van der Waals surface area contributed by atoms with Crippen molar-refractivity contribution in [1.29, 1.82) is 0 Å². The summed E-state index contributed by atoms with van der Waals surface area (Å²) >= 11 is 0. The molecule has 1 saturated heterocycles. The van der Waals surface area contributed by atoms with Crippen molar-refractivity contribution in [1.82, 2.24) is 0 Å². The molecule has 0 bridgehead atoms. The van der Waals surface area contributed by atoms with Crippen LogP contribution in [0.4, 0.5) is 5.69 Å². The van der Waals surface area contributed by atoms with E-state index in [-0.39, 0.29) is 5.41 Å². The Bertz CT molecular complexity index is 372. The molecule has 3 nitrogen and oxygen atoms in total. The molecule has 1 aliphatic heterocycles. The first-order valence-electron chi connectivity index (χ1n) is 6.21. The SMILES string of the molecule is Cc1cccc(N(C)CC2(CN)CCOC2)c1. The Balaban J connectivity index is 2.07. The Morgan fingerprint density at radius 3 is 2.88 bits per heavy atom. The van der Waals surface area contributed by atoms with Crippen LogP contribution >= 0.6 is 0 Å². The number of anilines is 1. The molecule has 0 aliphatic carbocycles. The zero-order valence-electron chi connectivity index (χ0n) is 10.8.